The molecule has 1 rings (SSSR count). The molecule has 0 bridgehead atoms. The van der Waals surface area contributed by atoms with Crippen LogP contribution in [0.4, 0.5) is 0 Å². The zero-order chi connectivity index (χ0) is 10.6. The number of hydrogen-bond donors (Lipinski definition) is 1. The Morgan fingerprint density at radius 3 is 3.00 bits per heavy atom. The number of amides is 1. The largest absolute Gasteiger partial charge is 0.352 e. The molecule has 4 nitrogen and oxygen atoms in total. The number of carbonyl (C=O) groups is 1. The van der Waals surface area contributed by atoms with Gasteiger partial charge in [-0.3, -0.25) is 9.48 Å². The average Bonchev–Trinajstić information content (AvgIpc) is 2.51. The molecule has 0 fully saturated rings. The topological polar surface area (TPSA) is 46.9 Å². The first kappa shape index (κ1) is 11.0. The molecule has 0 saturated carbocycles. The summed E-state index contributed by atoms with van der Waals surface area (Å²) < 4.78 is 1.79. The standard InChI is InChI=1S/C9H14ClN3O/c1-7(12-9(14)6-10)5-8-3-4-11-13(8)2/h3-4,7H,5-6H2,1-2H3,(H,12,14)/t7-/m0/s1. The van der Waals surface area contributed by atoms with Crippen molar-refractivity contribution in [3.8, 4) is 0 Å². The third-order valence-electron chi connectivity index (χ3n) is 1.97. The number of hydrogen-bond acceptors (Lipinski definition) is 2. The number of rotatable bonds is 4. The van der Waals surface area contributed by atoms with E-state index in [1.165, 1.54) is 0 Å². The fourth-order valence-electron chi connectivity index (χ4n) is 1.28. The molecule has 1 aromatic heterocycles. The number of aromatic nitrogens is 2. The van der Waals surface area contributed by atoms with Gasteiger partial charge in [-0.05, 0) is 13.0 Å². The molecule has 78 valence electrons. The number of carbonyl (C=O) groups excluding carboxylic acids is 1. The van der Waals surface area contributed by atoms with Gasteiger partial charge in [-0.1, -0.05) is 0 Å². The molecular weight excluding hydrogens is 202 g/mol. The van der Waals surface area contributed by atoms with Gasteiger partial charge < -0.3 is 5.32 Å². The fourth-order valence-corrected chi connectivity index (χ4v) is 1.36. The van der Waals surface area contributed by atoms with Crippen molar-refractivity contribution in [2.75, 3.05) is 5.88 Å². The minimum Gasteiger partial charge on any atom is -0.352 e. The summed E-state index contributed by atoms with van der Waals surface area (Å²) in [6.45, 7) is 1.94. The monoisotopic (exact) mass is 215 g/mol. The van der Waals surface area contributed by atoms with Gasteiger partial charge in [0.05, 0.1) is 0 Å². The molecule has 0 saturated heterocycles. The summed E-state index contributed by atoms with van der Waals surface area (Å²) in [7, 11) is 1.88. The van der Waals surface area contributed by atoms with E-state index in [1.54, 1.807) is 10.9 Å². The van der Waals surface area contributed by atoms with Crippen LogP contribution >= 0.6 is 11.6 Å². The molecular formula is C9H14ClN3O. The van der Waals surface area contributed by atoms with Crippen molar-refractivity contribution in [2.24, 2.45) is 7.05 Å². The minimum atomic E-state index is -0.138. The zero-order valence-electron chi connectivity index (χ0n) is 8.33. The highest BCUT2D eigenvalue weighted by Crippen LogP contribution is 2.01. The predicted molar refractivity (Wildman–Crippen MR) is 55.2 cm³/mol. The van der Waals surface area contributed by atoms with Gasteiger partial charge in [0.2, 0.25) is 5.91 Å². The van der Waals surface area contributed by atoms with Gasteiger partial charge in [-0.25, -0.2) is 0 Å². The lowest BCUT2D eigenvalue weighted by Crippen LogP contribution is -2.35. The summed E-state index contributed by atoms with van der Waals surface area (Å²) in [5.41, 5.74) is 1.09. The first-order valence-corrected chi connectivity index (χ1v) is 4.99. The molecule has 1 amide bonds. The van der Waals surface area contributed by atoms with Crippen molar-refractivity contribution in [3.63, 3.8) is 0 Å². The molecule has 0 radical (unpaired) electrons. The van der Waals surface area contributed by atoms with Gasteiger partial charge in [0.25, 0.3) is 0 Å². The van der Waals surface area contributed by atoms with Crippen molar-refractivity contribution in [3.05, 3.63) is 18.0 Å². The van der Waals surface area contributed by atoms with Crippen LogP contribution in [-0.4, -0.2) is 27.6 Å². The fraction of sp³-hybridized carbons (Fsp3) is 0.556. The quantitative estimate of drug-likeness (QED) is 0.752. The van der Waals surface area contributed by atoms with Gasteiger partial charge in [0.15, 0.2) is 0 Å². The van der Waals surface area contributed by atoms with Crippen LogP contribution in [0.2, 0.25) is 0 Å². The Hall–Kier alpha value is -1.03. The number of alkyl halides is 1. The van der Waals surface area contributed by atoms with Gasteiger partial charge >= 0.3 is 0 Å². The van der Waals surface area contributed by atoms with E-state index < -0.39 is 0 Å². The molecule has 1 N–H and O–H groups in total. The van der Waals surface area contributed by atoms with Crippen LogP contribution in [0.5, 0.6) is 0 Å². The second-order valence-corrected chi connectivity index (χ2v) is 3.52. The normalized spacial score (nSPS) is 12.5. The summed E-state index contributed by atoms with van der Waals surface area (Å²) >= 11 is 5.38. The highest BCUT2D eigenvalue weighted by atomic mass is 35.5. The third-order valence-corrected chi connectivity index (χ3v) is 2.21. The van der Waals surface area contributed by atoms with Crippen LogP contribution in [0.15, 0.2) is 12.3 Å². The average molecular weight is 216 g/mol. The van der Waals surface area contributed by atoms with Crippen LogP contribution in [-0.2, 0) is 18.3 Å². The first-order chi connectivity index (χ1) is 6.63. The highest BCUT2D eigenvalue weighted by molar-refractivity contribution is 6.27. The van der Waals surface area contributed by atoms with Crippen molar-refractivity contribution < 1.29 is 4.79 Å². The Labute approximate surface area is 88.2 Å². The summed E-state index contributed by atoms with van der Waals surface area (Å²) in [5.74, 6) is -0.128. The SMILES string of the molecule is C[C@@H](Cc1ccnn1C)NC(=O)CCl. The van der Waals surface area contributed by atoms with Gasteiger partial charge in [0.1, 0.15) is 5.88 Å². The predicted octanol–water partition coefficient (Wildman–Crippen LogP) is 0.706. The van der Waals surface area contributed by atoms with Crippen LogP contribution in [0.25, 0.3) is 0 Å². The Morgan fingerprint density at radius 1 is 1.79 bits per heavy atom. The maximum atomic E-state index is 11.0. The van der Waals surface area contributed by atoms with Crippen LogP contribution in [0.3, 0.4) is 0 Å². The third kappa shape index (κ3) is 3.03. The summed E-state index contributed by atoms with van der Waals surface area (Å²) in [4.78, 5) is 11.0. The van der Waals surface area contributed by atoms with Crippen molar-refractivity contribution in [2.45, 2.75) is 19.4 Å². The highest BCUT2D eigenvalue weighted by Gasteiger charge is 2.08. The Kier molecular flexibility index (Phi) is 3.95. The van der Waals surface area contributed by atoms with E-state index in [9.17, 15) is 4.79 Å². The van der Waals surface area contributed by atoms with Crippen LogP contribution in [0, 0.1) is 0 Å². The van der Waals surface area contributed by atoms with E-state index >= 15 is 0 Å². The van der Waals surface area contributed by atoms with Gasteiger partial charge in [-0.2, -0.15) is 5.10 Å². The first-order valence-electron chi connectivity index (χ1n) is 4.45. The summed E-state index contributed by atoms with van der Waals surface area (Å²) in [6, 6.07) is 2.01. The molecule has 5 heteroatoms. The van der Waals surface area contributed by atoms with Crippen molar-refractivity contribution >= 4 is 17.5 Å². The lowest BCUT2D eigenvalue weighted by Gasteiger charge is -2.12. The molecule has 0 aliphatic heterocycles. The lowest BCUT2D eigenvalue weighted by atomic mass is 10.2. The molecule has 1 heterocycles. The van der Waals surface area contributed by atoms with E-state index in [0.29, 0.717) is 0 Å². The second-order valence-electron chi connectivity index (χ2n) is 3.25. The minimum absolute atomic E-state index is 0.00965. The van der Waals surface area contributed by atoms with Crippen LogP contribution in [0.1, 0.15) is 12.6 Å². The summed E-state index contributed by atoms with van der Waals surface area (Å²) in [6.07, 6.45) is 2.50. The molecule has 1 aromatic rings. The number of halogens is 1. The molecule has 0 spiro atoms. The van der Waals surface area contributed by atoms with Crippen molar-refractivity contribution in [1.82, 2.24) is 15.1 Å². The Morgan fingerprint density at radius 2 is 2.50 bits per heavy atom. The smallest absolute Gasteiger partial charge is 0.235 e. The number of aryl methyl sites for hydroxylation is 1. The van der Waals surface area contributed by atoms with E-state index in [-0.39, 0.29) is 17.8 Å². The molecule has 0 unspecified atom stereocenters. The van der Waals surface area contributed by atoms with Gasteiger partial charge in [0, 0.05) is 31.4 Å². The van der Waals surface area contributed by atoms with Crippen LogP contribution < -0.4 is 5.32 Å². The number of nitrogens with zero attached hydrogens (tertiary/aromatic N) is 2. The lowest BCUT2D eigenvalue weighted by molar-refractivity contribution is -0.119. The molecule has 0 aliphatic carbocycles. The van der Waals surface area contributed by atoms with E-state index in [0.717, 1.165) is 12.1 Å². The molecule has 14 heavy (non-hydrogen) atoms. The van der Waals surface area contributed by atoms with E-state index in [2.05, 4.69) is 10.4 Å². The van der Waals surface area contributed by atoms with Crippen molar-refractivity contribution in [1.29, 1.82) is 0 Å². The molecule has 1 atom stereocenters. The second kappa shape index (κ2) is 5.00. The Balaban J connectivity index is 2.45. The Bertz CT molecular complexity index is 311. The summed E-state index contributed by atoms with van der Waals surface area (Å²) in [5, 5.41) is 6.83. The zero-order valence-corrected chi connectivity index (χ0v) is 9.08. The molecule has 0 aromatic carbocycles. The molecule has 0 aliphatic rings. The van der Waals surface area contributed by atoms with E-state index in [1.807, 2.05) is 20.0 Å². The maximum absolute atomic E-state index is 11.0. The number of nitrogens with one attached hydrogen (secondary N) is 1. The van der Waals surface area contributed by atoms with Gasteiger partial charge in [-0.15, -0.1) is 11.6 Å². The maximum Gasteiger partial charge on any atom is 0.235 e. The van der Waals surface area contributed by atoms with E-state index in [4.69, 9.17) is 11.6 Å².